The van der Waals surface area contributed by atoms with Gasteiger partial charge in [-0.2, -0.15) is 0 Å². The van der Waals surface area contributed by atoms with Crippen molar-refractivity contribution in [3.05, 3.63) is 12.2 Å². The van der Waals surface area contributed by atoms with Gasteiger partial charge in [0.25, 0.3) is 0 Å². The predicted octanol–water partition coefficient (Wildman–Crippen LogP) is 2.48. The molecule has 0 fully saturated rings. The van der Waals surface area contributed by atoms with Crippen LogP contribution in [0.15, 0.2) is 12.2 Å². The van der Waals surface area contributed by atoms with Crippen molar-refractivity contribution in [3.8, 4) is 0 Å². The first-order chi connectivity index (χ1) is 7.54. The van der Waals surface area contributed by atoms with E-state index in [-0.39, 0.29) is 5.97 Å². The maximum Gasteiger partial charge on any atom is 0.333 e. The van der Waals surface area contributed by atoms with E-state index >= 15 is 0 Å². The van der Waals surface area contributed by atoms with Crippen molar-refractivity contribution in [1.82, 2.24) is 0 Å². The number of unbranched alkanes of at least 4 members (excludes halogenated alkanes) is 3. The van der Waals surface area contributed by atoms with Crippen molar-refractivity contribution >= 4 is 15.5 Å². The molecule has 0 saturated heterocycles. The normalized spacial score (nSPS) is 11.2. The van der Waals surface area contributed by atoms with Crippen LogP contribution in [-0.4, -0.2) is 28.1 Å². The monoisotopic (exact) mass is 250 g/mol. The van der Waals surface area contributed by atoms with Gasteiger partial charge in [-0.1, -0.05) is 31.9 Å². The number of esters is 1. The molecule has 0 aliphatic rings. The van der Waals surface area contributed by atoms with Gasteiger partial charge < -0.3 is 4.74 Å². The van der Waals surface area contributed by atoms with E-state index in [1.165, 1.54) is 0 Å². The van der Waals surface area contributed by atoms with E-state index < -0.39 is 15.6 Å². The molecule has 0 amide bonds. The van der Waals surface area contributed by atoms with E-state index in [0.29, 0.717) is 18.2 Å². The van der Waals surface area contributed by atoms with E-state index in [9.17, 15) is 13.6 Å². The summed E-state index contributed by atoms with van der Waals surface area (Å²) in [7, 11) is -1.15. The number of alkyl halides is 2. The highest BCUT2D eigenvalue weighted by molar-refractivity contribution is 6.36. The van der Waals surface area contributed by atoms with Crippen LogP contribution in [0.2, 0.25) is 6.04 Å². The number of rotatable bonds is 9. The van der Waals surface area contributed by atoms with Crippen LogP contribution in [0.4, 0.5) is 8.78 Å². The smallest absolute Gasteiger partial charge is 0.333 e. The number of carbonyl (C=O) groups is 1. The molecule has 0 N–H and O–H groups in total. The highest BCUT2D eigenvalue weighted by Gasteiger charge is 2.03. The van der Waals surface area contributed by atoms with Gasteiger partial charge >= 0.3 is 5.97 Å². The predicted molar refractivity (Wildman–Crippen MR) is 63.6 cm³/mol. The van der Waals surface area contributed by atoms with Gasteiger partial charge in [-0.3, -0.25) is 0 Å². The largest absolute Gasteiger partial charge is 0.462 e. The lowest BCUT2D eigenvalue weighted by Crippen LogP contribution is -2.06. The Morgan fingerprint density at radius 3 is 2.50 bits per heavy atom. The second-order valence-corrected chi connectivity index (χ2v) is 5.77. The van der Waals surface area contributed by atoms with E-state index in [1.54, 1.807) is 6.92 Å². The van der Waals surface area contributed by atoms with Crippen LogP contribution in [0.3, 0.4) is 0 Å². The molecule has 0 aromatic carbocycles. The average molecular weight is 250 g/mol. The van der Waals surface area contributed by atoms with Crippen LogP contribution in [-0.2, 0) is 9.53 Å². The van der Waals surface area contributed by atoms with Crippen molar-refractivity contribution in [3.63, 3.8) is 0 Å². The summed E-state index contributed by atoms with van der Waals surface area (Å²) in [6.45, 7) is 5.48. The Morgan fingerprint density at radius 2 is 1.94 bits per heavy atom. The first-order valence-electron chi connectivity index (χ1n) is 5.65. The summed E-state index contributed by atoms with van der Waals surface area (Å²) in [5, 5.41) is 0. The van der Waals surface area contributed by atoms with Gasteiger partial charge in [0.15, 0.2) is 0 Å². The van der Waals surface area contributed by atoms with Crippen molar-refractivity contribution in [2.45, 2.75) is 44.7 Å². The maximum atomic E-state index is 11.8. The lowest BCUT2D eigenvalue weighted by atomic mass is 10.2. The van der Waals surface area contributed by atoms with Gasteiger partial charge in [-0.15, -0.1) is 0 Å². The minimum Gasteiger partial charge on any atom is -0.462 e. The Balaban J connectivity index is 3.16. The summed E-state index contributed by atoms with van der Waals surface area (Å²) >= 11 is 0. The fourth-order valence-corrected chi connectivity index (χ4v) is 2.17. The lowest BCUT2D eigenvalue weighted by Gasteiger charge is -2.04. The molecular formula is C11H20F2O2Si. The third-order valence-electron chi connectivity index (χ3n) is 2.15. The highest BCUT2D eigenvalue weighted by atomic mass is 28.2. The number of carbonyl (C=O) groups excluding carboxylic acids is 1. The minimum atomic E-state index is -2.04. The van der Waals surface area contributed by atoms with E-state index in [0.717, 1.165) is 25.7 Å². The minimum absolute atomic E-state index is 0.356. The molecule has 0 unspecified atom stereocenters. The molecule has 0 aromatic heterocycles. The van der Waals surface area contributed by atoms with Gasteiger partial charge in [0.05, 0.1) is 6.61 Å². The molecule has 5 heteroatoms. The van der Waals surface area contributed by atoms with Crippen LogP contribution < -0.4 is 0 Å². The second kappa shape index (κ2) is 9.51. The topological polar surface area (TPSA) is 26.3 Å². The molecule has 2 nitrogen and oxygen atoms in total. The zero-order valence-corrected chi connectivity index (χ0v) is 11.2. The summed E-state index contributed by atoms with van der Waals surface area (Å²) in [5.74, 6) is -0.356. The molecular weight excluding hydrogens is 230 g/mol. The zero-order valence-electron chi connectivity index (χ0n) is 9.81. The Labute approximate surface area is 97.9 Å². The van der Waals surface area contributed by atoms with Crippen molar-refractivity contribution in [2.24, 2.45) is 0 Å². The van der Waals surface area contributed by atoms with Crippen LogP contribution in [0.1, 0.15) is 32.6 Å². The van der Waals surface area contributed by atoms with E-state index in [4.69, 9.17) is 4.74 Å². The van der Waals surface area contributed by atoms with E-state index in [2.05, 4.69) is 6.58 Å². The third kappa shape index (κ3) is 9.83. The molecule has 0 saturated carbocycles. The van der Waals surface area contributed by atoms with Gasteiger partial charge in [0, 0.05) is 5.57 Å². The molecule has 0 aliphatic carbocycles. The number of ether oxygens (including phenoxy) is 1. The molecule has 0 atom stereocenters. The van der Waals surface area contributed by atoms with Crippen molar-refractivity contribution in [2.75, 3.05) is 6.61 Å². The summed E-state index contributed by atoms with van der Waals surface area (Å²) < 4.78 is 28.5. The number of hydrogen-bond acceptors (Lipinski definition) is 2. The highest BCUT2D eigenvalue weighted by Crippen LogP contribution is 2.06. The Bertz CT molecular complexity index is 220. The van der Waals surface area contributed by atoms with Crippen LogP contribution in [0.5, 0.6) is 0 Å². The molecule has 0 radical (unpaired) electrons. The lowest BCUT2D eigenvalue weighted by molar-refractivity contribution is -0.139. The zero-order chi connectivity index (χ0) is 12.4. The molecule has 0 aromatic rings. The second-order valence-electron chi connectivity index (χ2n) is 3.86. The van der Waals surface area contributed by atoms with Gasteiger partial charge in [0.2, 0.25) is 6.05 Å². The first kappa shape index (κ1) is 15.3. The average Bonchev–Trinajstić information content (AvgIpc) is 2.21. The summed E-state index contributed by atoms with van der Waals surface area (Å²) in [6, 6.07) is -1.33. The fraction of sp³-hybridized carbons (Fsp3) is 0.727. The van der Waals surface area contributed by atoms with Crippen LogP contribution in [0, 0.1) is 0 Å². The molecule has 0 bridgehead atoms. The van der Waals surface area contributed by atoms with Crippen molar-refractivity contribution in [1.29, 1.82) is 0 Å². The summed E-state index contributed by atoms with van der Waals surface area (Å²) in [4.78, 5) is 11.0. The SMILES string of the molecule is C=C(C)C(=O)OCCCCCC[SiH2]C(F)F. The van der Waals surface area contributed by atoms with Crippen LogP contribution >= 0.6 is 0 Å². The number of halogens is 2. The van der Waals surface area contributed by atoms with Crippen LogP contribution in [0.25, 0.3) is 0 Å². The Kier molecular flexibility index (Phi) is 9.08. The number of hydrogen-bond donors (Lipinski definition) is 0. The molecule has 0 heterocycles. The first-order valence-corrected chi connectivity index (χ1v) is 7.46. The van der Waals surface area contributed by atoms with Crippen molar-refractivity contribution < 1.29 is 18.3 Å². The molecule has 0 aliphatic heterocycles. The standard InChI is InChI=1S/C11H20F2O2Si/c1-9(2)10(14)15-7-5-3-4-6-8-16-11(12)13/h11H,1,3-8,16H2,2H3. The Hall–Kier alpha value is -0.713. The molecule has 94 valence electrons. The molecule has 16 heavy (non-hydrogen) atoms. The summed E-state index contributed by atoms with van der Waals surface area (Å²) in [5.41, 5.74) is 0.405. The summed E-state index contributed by atoms with van der Waals surface area (Å²) in [6.07, 6.45) is 3.56. The molecule has 0 spiro atoms. The third-order valence-corrected chi connectivity index (χ3v) is 3.49. The van der Waals surface area contributed by atoms with Gasteiger partial charge in [-0.05, 0) is 13.3 Å². The molecule has 0 rings (SSSR count). The fourth-order valence-electron chi connectivity index (χ4n) is 1.22. The van der Waals surface area contributed by atoms with Gasteiger partial charge in [-0.25, -0.2) is 13.6 Å². The maximum absolute atomic E-state index is 11.8. The van der Waals surface area contributed by atoms with E-state index in [1.807, 2.05) is 0 Å². The Morgan fingerprint density at radius 1 is 1.31 bits per heavy atom. The quantitative estimate of drug-likeness (QED) is 0.272. The van der Waals surface area contributed by atoms with Gasteiger partial charge in [0.1, 0.15) is 9.52 Å².